The van der Waals surface area contributed by atoms with Gasteiger partial charge in [0.25, 0.3) is 0 Å². The van der Waals surface area contributed by atoms with Crippen LogP contribution in [0.3, 0.4) is 0 Å². The lowest BCUT2D eigenvalue weighted by Crippen LogP contribution is -2.43. The van der Waals surface area contributed by atoms with Crippen molar-refractivity contribution in [1.29, 1.82) is 0 Å². The van der Waals surface area contributed by atoms with E-state index in [-0.39, 0.29) is 6.10 Å². The summed E-state index contributed by atoms with van der Waals surface area (Å²) < 4.78 is 18.1. The maximum Gasteiger partial charge on any atom is 0.214 e. The van der Waals surface area contributed by atoms with Gasteiger partial charge in [0.05, 0.1) is 6.10 Å². The summed E-state index contributed by atoms with van der Waals surface area (Å²) in [6.45, 7) is 2.69. The zero-order valence-corrected chi connectivity index (χ0v) is 9.11. The molecule has 0 radical (unpaired) electrons. The van der Waals surface area contributed by atoms with Crippen LogP contribution < -0.4 is 5.32 Å². The van der Waals surface area contributed by atoms with Gasteiger partial charge in [0.1, 0.15) is 11.4 Å². The van der Waals surface area contributed by atoms with Crippen LogP contribution >= 0.6 is 0 Å². The molecule has 2 rings (SSSR count). The van der Waals surface area contributed by atoms with Crippen molar-refractivity contribution in [3.63, 3.8) is 0 Å². The van der Waals surface area contributed by atoms with Gasteiger partial charge in [-0.05, 0) is 19.1 Å². The zero-order chi connectivity index (χ0) is 11.6. The molecule has 5 heteroatoms. The van der Waals surface area contributed by atoms with E-state index in [2.05, 4.69) is 10.3 Å². The minimum Gasteiger partial charge on any atom is -0.385 e. The highest BCUT2D eigenvalue weighted by Crippen LogP contribution is 2.25. The monoisotopic (exact) mass is 226 g/mol. The van der Waals surface area contributed by atoms with E-state index in [1.807, 2.05) is 6.92 Å². The van der Waals surface area contributed by atoms with Gasteiger partial charge < -0.3 is 15.2 Å². The second-order valence-corrected chi connectivity index (χ2v) is 4.07. The van der Waals surface area contributed by atoms with Crippen LogP contribution in [0.25, 0.3) is 0 Å². The van der Waals surface area contributed by atoms with Crippen LogP contribution in [0.15, 0.2) is 18.2 Å². The Hall–Kier alpha value is -1.20. The van der Waals surface area contributed by atoms with Crippen LogP contribution in [0.2, 0.25) is 0 Å². The fraction of sp³-hybridized carbons (Fsp3) is 0.545. The molecule has 1 aromatic rings. The molecule has 1 fully saturated rings. The number of hydrogen-bond donors (Lipinski definition) is 2. The Morgan fingerprint density at radius 3 is 3.12 bits per heavy atom. The molecule has 0 aliphatic carbocycles. The van der Waals surface area contributed by atoms with Gasteiger partial charge in [0.15, 0.2) is 0 Å². The molecule has 88 valence electrons. The molecule has 2 unspecified atom stereocenters. The number of halogens is 1. The molecular weight excluding hydrogens is 211 g/mol. The molecule has 0 bridgehead atoms. The molecule has 1 aliphatic heterocycles. The Balaban J connectivity index is 1.97. The third kappa shape index (κ3) is 2.31. The van der Waals surface area contributed by atoms with Crippen molar-refractivity contribution in [1.82, 2.24) is 4.98 Å². The van der Waals surface area contributed by atoms with Gasteiger partial charge in [0, 0.05) is 19.6 Å². The van der Waals surface area contributed by atoms with E-state index in [0.717, 1.165) is 0 Å². The summed E-state index contributed by atoms with van der Waals surface area (Å²) in [6, 6.07) is 4.51. The van der Waals surface area contributed by atoms with Crippen molar-refractivity contribution < 1.29 is 14.2 Å². The van der Waals surface area contributed by atoms with Crippen molar-refractivity contribution in [3.05, 3.63) is 24.1 Å². The lowest BCUT2D eigenvalue weighted by Gasteiger charge is -2.26. The Labute approximate surface area is 93.5 Å². The summed E-state index contributed by atoms with van der Waals surface area (Å²) >= 11 is 0. The van der Waals surface area contributed by atoms with Crippen LogP contribution in [0, 0.1) is 5.95 Å². The second kappa shape index (κ2) is 4.35. The van der Waals surface area contributed by atoms with Crippen molar-refractivity contribution in [2.24, 2.45) is 0 Å². The Bertz CT molecular complexity index is 375. The average molecular weight is 226 g/mol. The highest BCUT2D eigenvalue weighted by Gasteiger charge is 2.39. The highest BCUT2D eigenvalue weighted by atomic mass is 19.1. The van der Waals surface area contributed by atoms with Crippen LogP contribution in [0.5, 0.6) is 0 Å². The van der Waals surface area contributed by atoms with E-state index in [0.29, 0.717) is 25.4 Å². The van der Waals surface area contributed by atoms with Gasteiger partial charge in [-0.15, -0.1) is 0 Å². The zero-order valence-electron chi connectivity index (χ0n) is 9.11. The second-order valence-electron chi connectivity index (χ2n) is 4.07. The highest BCUT2D eigenvalue weighted by molar-refractivity contribution is 5.34. The molecule has 1 saturated heterocycles. The Morgan fingerprint density at radius 1 is 1.69 bits per heavy atom. The third-order valence-electron chi connectivity index (χ3n) is 2.95. The SMILES string of the molecule is CC1OCCC1(O)CNc1cccc(F)n1. The number of nitrogens with one attached hydrogen (secondary N) is 1. The summed E-state index contributed by atoms with van der Waals surface area (Å²) in [5.41, 5.74) is -0.895. The largest absolute Gasteiger partial charge is 0.385 e. The molecule has 2 N–H and O–H groups in total. The molecule has 2 heterocycles. The summed E-state index contributed by atoms with van der Waals surface area (Å²) in [4.78, 5) is 3.66. The fourth-order valence-electron chi connectivity index (χ4n) is 1.75. The molecule has 0 amide bonds. The molecule has 0 aromatic carbocycles. The van der Waals surface area contributed by atoms with Crippen molar-refractivity contribution in [3.8, 4) is 0 Å². The van der Waals surface area contributed by atoms with E-state index >= 15 is 0 Å². The topological polar surface area (TPSA) is 54.4 Å². The van der Waals surface area contributed by atoms with Gasteiger partial charge in [-0.3, -0.25) is 0 Å². The molecule has 4 nitrogen and oxygen atoms in total. The van der Waals surface area contributed by atoms with Gasteiger partial charge in [-0.1, -0.05) is 6.07 Å². The first-order chi connectivity index (χ1) is 7.60. The van der Waals surface area contributed by atoms with Crippen molar-refractivity contribution in [2.45, 2.75) is 25.0 Å². The van der Waals surface area contributed by atoms with Crippen LogP contribution in [-0.2, 0) is 4.74 Å². The number of nitrogens with zero attached hydrogens (tertiary/aromatic N) is 1. The normalized spacial score (nSPS) is 29.3. The fourth-order valence-corrected chi connectivity index (χ4v) is 1.75. The van der Waals surface area contributed by atoms with Gasteiger partial charge in [0.2, 0.25) is 5.95 Å². The first-order valence-electron chi connectivity index (χ1n) is 5.30. The van der Waals surface area contributed by atoms with Crippen molar-refractivity contribution >= 4 is 5.82 Å². The number of ether oxygens (including phenoxy) is 1. The van der Waals surface area contributed by atoms with Gasteiger partial charge >= 0.3 is 0 Å². The molecular formula is C11H15FN2O2. The molecule has 2 atom stereocenters. The first kappa shape index (κ1) is 11.3. The number of pyridine rings is 1. The predicted molar refractivity (Wildman–Crippen MR) is 57.7 cm³/mol. The average Bonchev–Trinajstić information content (AvgIpc) is 2.58. The summed E-state index contributed by atoms with van der Waals surface area (Å²) in [6.07, 6.45) is 0.366. The number of aromatic nitrogens is 1. The predicted octanol–water partition coefficient (Wildman–Crippen LogP) is 1.17. The van der Waals surface area contributed by atoms with E-state index in [4.69, 9.17) is 4.74 Å². The summed E-state index contributed by atoms with van der Waals surface area (Å²) in [5, 5.41) is 13.1. The molecule has 1 aliphatic rings. The lowest BCUT2D eigenvalue weighted by atomic mass is 9.97. The van der Waals surface area contributed by atoms with Crippen molar-refractivity contribution in [2.75, 3.05) is 18.5 Å². The maximum atomic E-state index is 12.8. The van der Waals surface area contributed by atoms with E-state index in [1.165, 1.54) is 6.07 Å². The number of anilines is 1. The summed E-state index contributed by atoms with van der Waals surface area (Å²) in [7, 11) is 0. The van der Waals surface area contributed by atoms with Gasteiger partial charge in [-0.2, -0.15) is 4.39 Å². The van der Waals surface area contributed by atoms with Crippen LogP contribution in [0.4, 0.5) is 10.2 Å². The van der Waals surface area contributed by atoms with E-state index in [1.54, 1.807) is 12.1 Å². The Morgan fingerprint density at radius 2 is 2.50 bits per heavy atom. The van der Waals surface area contributed by atoms with E-state index in [9.17, 15) is 9.50 Å². The standard InChI is InChI=1S/C11H15FN2O2/c1-8-11(15,5-6-16-8)7-13-10-4-2-3-9(12)14-10/h2-4,8,15H,5-7H2,1H3,(H,13,14). The number of rotatable bonds is 3. The maximum absolute atomic E-state index is 12.8. The number of hydrogen-bond acceptors (Lipinski definition) is 4. The minimum atomic E-state index is -0.895. The molecule has 16 heavy (non-hydrogen) atoms. The Kier molecular flexibility index (Phi) is 3.07. The third-order valence-corrected chi connectivity index (χ3v) is 2.95. The molecule has 0 spiro atoms. The minimum absolute atomic E-state index is 0.214. The lowest BCUT2D eigenvalue weighted by molar-refractivity contribution is -0.0176. The van der Waals surface area contributed by atoms with Crippen LogP contribution in [-0.4, -0.2) is 34.9 Å². The summed E-state index contributed by atoms with van der Waals surface area (Å²) in [5.74, 6) is -0.111. The first-order valence-corrected chi connectivity index (χ1v) is 5.30. The van der Waals surface area contributed by atoms with Gasteiger partial charge in [-0.25, -0.2) is 4.98 Å². The van der Waals surface area contributed by atoms with E-state index < -0.39 is 11.5 Å². The number of aliphatic hydroxyl groups is 1. The van der Waals surface area contributed by atoms with Crippen LogP contribution in [0.1, 0.15) is 13.3 Å². The smallest absolute Gasteiger partial charge is 0.214 e. The quantitative estimate of drug-likeness (QED) is 0.760. The molecule has 1 aromatic heterocycles. The molecule has 0 saturated carbocycles.